The zero-order chi connectivity index (χ0) is 20.8. The number of carbonyl (C=O) groups excluding carboxylic acids is 1. The van der Waals surface area contributed by atoms with E-state index in [1.54, 1.807) is 37.5 Å². The van der Waals surface area contributed by atoms with Gasteiger partial charge in [0, 0.05) is 11.4 Å². The first-order valence-corrected chi connectivity index (χ1v) is 9.50. The van der Waals surface area contributed by atoms with Crippen molar-refractivity contribution in [2.24, 2.45) is 0 Å². The van der Waals surface area contributed by atoms with Crippen LogP contribution in [0.5, 0.6) is 11.5 Å². The lowest BCUT2D eigenvalue weighted by molar-refractivity contribution is -0.113. The molecule has 0 aliphatic carbocycles. The second kappa shape index (κ2) is 9.25. The molecule has 1 heterocycles. The number of carbonyl (C=O) groups is 1. The summed E-state index contributed by atoms with van der Waals surface area (Å²) in [5, 5.41) is 9.63. The minimum atomic E-state index is -0.408. The summed E-state index contributed by atoms with van der Waals surface area (Å²) in [4.78, 5) is 13.1. The molecule has 2 aromatic carbocycles. The highest BCUT2D eigenvalue weighted by Gasteiger charge is 2.30. The molecule has 0 radical (unpaired) electrons. The van der Waals surface area contributed by atoms with Crippen molar-refractivity contribution in [3.63, 3.8) is 0 Å². The fourth-order valence-electron chi connectivity index (χ4n) is 3.06. The minimum Gasteiger partial charge on any atom is -0.497 e. The van der Waals surface area contributed by atoms with E-state index < -0.39 is 6.04 Å². The van der Waals surface area contributed by atoms with Crippen LogP contribution in [0.4, 0.5) is 5.69 Å². The fourth-order valence-corrected chi connectivity index (χ4v) is 3.33. The quantitative estimate of drug-likeness (QED) is 0.479. The number of ether oxygens (including phenoxy) is 2. The molecule has 0 saturated carbocycles. The van der Waals surface area contributed by atoms with Gasteiger partial charge in [-0.3, -0.25) is 4.79 Å². The first-order chi connectivity index (χ1) is 14.0. The summed E-state index contributed by atoms with van der Waals surface area (Å²) in [6.45, 7) is 5.90. The van der Waals surface area contributed by atoms with Crippen molar-refractivity contribution in [2.75, 3.05) is 19.0 Å². The number of rotatable bonds is 7. The van der Waals surface area contributed by atoms with Gasteiger partial charge >= 0.3 is 0 Å². The number of amides is 1. The molecule has 6 nitrogen and oxygen atoms in total. The number of methoxy groups -OCH3 is 1. The first-order valence-electron chi connectivity index (χ1n) is 9.09. The summed E-state index contributed by atoms with van der Waals surface area (Å²) >= 11 is 5.31. The van der Waals surface area contributed by atoms with Crippen molar-refractivity contribution in [1.29, 1.82) is 0 Å². The highest BCUT2D eigenvalue weighted by atomic mass is 32.1. The van der Waals surface area contributed by atoms with Crippen molar-refractivity contribution < 1.29 is 14.3 Å². The van der Waals surface area contributed by atoms with Gasteiger partial charge in [-0.25, -0.2) is 0 Å². The molecular formula is C22H23N3O3S. The van der Waals surface area contributed by atoms with Crippen molar-refractivity contribution in [1.82, 2.24) is 10.6 Å². The number of hydrogen-bond acceptors (Lipinski definition) is 4. The second-order valence-electron chi connectivity index (χ2n) is 6.42. The summed E-state index contributed by atoms with van der Waals surface area (Å²) in [7, 11) is 1.60. The van der Waals surface area contributed by atoms with Gasteiger partial charge in [0.15, 0.2) is 5.11 Å². The lowest BCUT2D eigenvalue weighted by atomic mass is 9.94. The minimum absolute atomic E-state index is 0.224. The van der Waals surface area contributed by atoms with Gasteiger partial charge in [-0.05, 0) is 61.1 Å². The Bertz CT molecular complexity index is 954. The molecular weight excluding hydrogens is 386 g/mol. The predicted octanol–water partition coefficient (Wildman–Crippen LogP) is 3.69. The third-order valence-corrected chi connectivity index (χ3v) is 4.64. The van der Waals surface area contributed by atoms with Crippen LogP contribution >= 0.6 is 12.2 Å². The van der Waals surface area contributed by atoms with E-state index in [0.717, 1.165) is 11.3 Å². The molecule has 1 aliphatic heterocycles. The largest absolute Gasteiger partial charge is 0.497 e. The maximum atomic E-state index is 13.1. The van der Waals surface area contributed by atoms with Crippen LogP contribution < -0.4 is 25.4 Å². The average Bonchev–Trinajstić information content (AvgIpc) is 2.72. The van der Waals surface area contributed by atoms with E-state index in [1.807, 2.05) is 31.2 Å². The van der Waals surface area contributed by atoms with Gasteiger partial charge in [0.2, 0.25) is 0 Å². The van der Waals surface area contributed by atoms with Crippen LogP contribution in [0.15, 0.2) is 72.5 Å². The van der Waals surface area contributed by atoms with E-state index >= 15 is 0 Å². The number of nitrogens with one attached hydrogen (secondary N) is 3. The van der Waals surface area contributed by atoms with Gasteiger partial charge in [0.1, 0.15) is 18.1 Å². The number of hydrogen-bond donors (Lipinski definition) is 3. The van der Waals surface area contributed by atoms with Crippen LogP contribution in [0.2, 0.25) is 0 Å². The summed E-state index contributed by atoms with van der Waals surface area (Å²) < 4.78 is 10.8. The SMILES string of the molecule is C=CCOc1cccc([C@H]2NC(=S)NC(C)=C2C(=O)Nc2ccc(OC)cc2)c1. The monoisotopic (exact) mass is 409 g/mol. The van der Waals surface area contributed by atoms with Gasteiger partial charge < -0.3 is 25.4 Å². The molecule has 0 aromatic heterocycles. The predicted molar refractivity (Wildman–Crippen MR) is 118 cm³/mol. The van der Waals surface area contributed by atoms with Gasteiger partial charge in [0.05, 0.1) is 18.7 Å². The number of allylic oxidation sites excluding steroid dienone is 1. The first kappa shape index (κ1) is 20.4. The van der Waals surface area contributed by atoms with Crippen LogP contribution in [-0.2, 0) is 4.79 Å². The summed E-state index contributed by atoms with van der Waals surface area (Å²) in [6, 6.07) is 14.3. The van der Waals surface area contributed by atoms with E-state index in [1.165, 1.54) is 0 Å². The molecule has 0 spiro atoms. The highest BCUT2D eigenvalue weighted by Crippen LogP contribution is 2.30. The summed E-state index contributed by atoms with van der Waals surface area (Å²) in [5.74, 6) is 1.19. The molecule has 1 atom stereocenters. The Balaban J connectivity index is 1.89. The zero-order valence-corrected chi connectivity index (χ0v) is 17.1. The molecule has 0 unspecified atom stereocenters. The van der Waals surface area contributed by atoms with Crippen LogP contribution in [0.1, 0.15) is 18.5 Å². The van der Waals surface area contributed by atoms with Crippen molar-refractivity contribution >= 4 is 28.9 Å². The lowest BCUT2D eigenvalue weighted by Crippen LogP contribution is -2.45. The third kappa shape index (κ3) is 4.94. The van der Waals surface area contributed by atoms with Crippen LogP contribution in [0, 0.1) is 0 Å². The Morgan fingerprint density at radius 2 is 2.00 bits per heavy atom. The lowest BCUT2D eigenvalue weighted by Gasteiger charge is -2.30. The van der Waals surface area contributed by atoms with E-state index in [2.05, 4.69) is 22.5 Å². The second-order valence-corrected chi connectivity index (χ2v) is 6.83. The van der Waals surface area contributed by atoms with E-state index in [0.29, 0.717) is 34.4 Å². The molecule has 1 aliphatic rings. The molecule has 29 heavy (non-hydrogen) atoms. The topological polar surface area (TPSA) is 71.6 Å². The van der Waals surface area contributed by atoms with Crippen molar-refractivity contribution in [3.8, 4) is 11.5 Å². The summed E-state index contributed by atoms with van der Waals surface area (Å²) in [6.07, 6.45) is 1.68. The molecule has 1 amide bonds. The fraction of sp³-hybridized carbons (Fsp3) is 0.182. The molecule has 7 heteroatoms. The molecule has 150 valence electrons. The molecule has 3 N–H and O–H groups in total. The van der Waals surface area contributed by atoms with Gasteiger partial charge in [0.25, 0.3) is 5.91 Å². The number of benzene rings is 2. The molecule has 0 bridgehead atoms. The van der Waals surface area contributed by atoms with Crippen molar-refractivity contribution in [3.05, 3.63) is 78.0 Å². The number of thiocarbonyl (C=S) groups is 1. The van der Waals surface area contributed by atoms with Crippen LogP contribution in [-0.4, -0.2) is 24.7 Å². The van der Waals surface area contributed by atoms with Crippen molar-refractivity contribution in [2.45, 2.75) is 13.0 Å². The molecule has 0 saturated heterocycles. The number of anilines is 1. The van der Waals surface area contributed by atoms with Crippen LogP contribution in [0.3, 0.4) is 0 Å². The Labute approximate surface area is 175 Å². The molecule has 2 aromatic rings. The molecule has 3 rings (SSSR count). The third-order valence-electron chi connectivity index (χ3n) is 4.42. The standard InChI is InChI=1S/C22H23N3O3S/c1-4-12-28-18-7-5-6-15(13-18)20-19(14(2)23-22(29)25-20)21(26)24-16-8-10-17(27-3)11-9-16/h4-11,13,20H,1,12H2,2-3H3,(H,24,26)(H2,23,25,29)/t20-/m1/s1. The molecule has 0 fully saturated rings. The zero-order valence-electron chi connectivity index (χ0n) is 16.3. The van der Waals surface area contributed by atoms with E-state index in [9.17, 15) is 4.79 Å². The van der Waals surface area contributed by atoms with Gasteiger partial charge in [-0.1, -0.05) is 24.8 Å². The average molecular weight is 410 g/mol. The Morgan fingerprint density at radius 1 is 1.24 bits per heavy atom. The Kier molecular flexibility index (Phi) is 6.51. The van der Waals surface area contributed by atoms with E-state index in [4.69, 9.17) is 21.7 Å². The smallest absolute Gasteiger partial charge is 0.255 e. The maximum Gasteiger partial charge on any atom is 0.255 e. The Morgan fingerprint density at radius 3 is 2.69 bits per heavy atom. The van der Waals surface area contributed by atoms with Crippen LogP contribution in [0.25, 0.3) is 0 Å². The van der Waals surface area contributed by atoms with Gasteiger partial charge in [-0.2, -0.15) is 0 Å². The Hall–Kier alpha value is -3.32. The normalized spacial score (nSPS) is 15.8. The maximum absolute atomic E-state index is 13.1. The van der Waals surface area contributed by atoms with E-state index in [-0.39, 0.29) is 5.91 Å². The summed E-state index contributed by atoms with van der Waals surface area (Å²) in [5.41, 5.74) is 2.79. The van der Waals surface area contributed by atoms with Gasteiger partial charge in [-0.15, -0.1) is 0 Å². The highest BCUT2D eigenvalue weighted by molar-refractivity contribution is 7.80.